The monoisotopic (exact) mass is 364 g/mol. The molecule has 8 atom stereocenters. The Labute approximate surface area is 156 Å². The Bertz CT molecular complexity index is 616. The van der Waals surface area contributed by atoms with Crippen molar-refractivity contribution < 1.29 is 24.1 Å². The lowest BCUT2D eigenvalue weighted by molar-refractivity contribution is -0.212. The summed E-state index contributed by atoms with van der Waals surface area (Å²) in [5.41, 5.74) is 1.06. The lowest BCUT2D eigenvalue weighted by Crippen LogP contribution is -2.61. The molecule has 1 aliphatic heterocycles. The molecule has 0 aromatic carbocycles. The Kier molecular flexibility index (Phi) is 4.48. The molecule has 4 aliphatic rings. The number of methoxy groups -OCH3 is 1. The summed E-state index contributed by atoms with van der Waals surface area (Å²) in [6, 6.07) is 0. The zero-order valence-electron chi connectivity index (χ0n) is 16.4. The summed E-state index contributed by atoms with van der Waals surface area (Å²) in [7, 11) is 1.77. The number of aliphatic hydroxyl groups is 1. The van der Waals surface area contributed by atoms with Crippen LogP contribution in [0.1, 0.15) is 52.9 Å². The van der Waals surface area contributed by atoms with Crippen molar-refractivity contribution in [2.75, 3.05) is 13.7 Å². The molecule has 5 nitrogen and oxygen atoms in total. The second kappa shape index (κ2) is 6.32. The maximum Gasteiger partial charge on any atom is 0.302 e. The molecule has 0 amide bonds. The van der Waals surface area contributed by atoms with Gasteiger partial charge in [-0.1, -0.05) is 25.5 Å². The standard InChI is InChI=1S/C21H32O5/c1-12(22)26-17-6-5-15-18-16(23)10-13-9-14(24-4)7-8-20(13,2)19(18)25-11-21(15,17)3/h10,14-19,23H,5-9,11H2,1-4H3/t14-,15?,16-,17-,18?,19?,20-,21-/m0/s1. The molecule has 1 saturated heterocycles. The van der Waals surface area contributed by atoms with Gasteiger partial charge in [-0.3, -0.25) is 4.79 Å². The number of hydrogen-bond acceptors (Lipinski definition) is 5. The van der Waals surface area contributed by atoms with E-state index in [0.717, 1.165) is 32.1 Å². The molecule has 3 unspecified atom stereocenters. The van der Waals surface area contributed by atoms with Crippen molar-refractivity contribution in [1.29, 1.82) is 0 Å². The lowest BCUT2D eigenvalue weighted by atomic mass is 9.54. The van der Waals surface area contributed by atoms with Crippen LogP contribution in [-0.4, -0.2) is 49.2 Å². The second-order valence-corrected chi connectivity index (χ2v) is 9.30. The number of carbonyl (C=O) groups excluding carboxylic acids is 1. The molecule has 3 aliphatic carbocycles. The Morgan fingerprint density at radius 2 is 2.08 bits per heavy atom. The highest BCUT2D eigenvalue weighted by atomic mass is 16.5. The van der Waals surface area contributed by atoms with Crippen LogP contribution in [0.25, 0.3) is 0 Å². The summed E-state index contributed by atoms with van der Waals surface area (Å²) in [4.78, 5) is 11.5. The van der Waals surface area contributed by atoms with Gasteiger partial charge in [0.25, 0.3) is 0 Å². The fraction of sp³-hybridized carbons (Fsp3) is 0.857. The molecular weight excluding hydrogens is 332 g/mol. The first-order valence-electron chi connectivity index (χ1n) is 10.0. The minimum Gasteiger partial charge on any atom is -0.462 e. The first kappa shape index (κ1) is 18.5. The van der Waals surface area contributed by atoms with E-state index in [2.05, 4.69) is 19.9 Å². The van der Waals surface area contributed by atoms with E-state index in [4.69, 9.17) is 14.2 Å². The van der Waals surface area contributed by atoms with E-state index in [0.29, 0.717) is 12.5 Å². The van der Waals surface area contributed by atoms with E-state index >= 15 is 0 Å². The predicted molar refractivity (Wildman–Crippen MR) is 96.5 cm³/mol. The third kappa shape index (κ3) is 2.58. The third-order valence-corrected chi connectivity index (χ3v) is 7.91. The van der Waals surface area contributed by atoms with Crippen molar-refractivity contribution in [1.82, 2.24) is 0 Å². The van der Waals surface area contributed by atoms with Crippen LogP contribution >= 0.6 is 0 Å². The number of esters is 1. The van der Waals surface area contributed by atoms with Crippen LogP contribution in [0.15, 0.2) is 11.6 Å². The molecule has 4 rings (SSSR count). The summed E-state index contributed by atoms with van der Waals surface area (Å²) >= 11 is 0. The molecule has 2 saturated carbocycles. The van der Waals surface area contributed by atoms with Crippen molar-refractivity contribution in [3.63, 3.8) is 0 Å². The van der Waals surface area contributed by atoms with Crippen molar-refractivity contribution in [3.8, 4) is 0 Å². The minimum absolute atomic E-state index is 0.0280. The van der Waals surface area contributed by atoms with Crippen molar-refractivity contribution in [2.45, 2.75) is 77.3 Å². The summed E-state index contributed by atoms with van der Waals surface area (Å²) in [5.74, 6) is 0.160. The van der Waals surface area contributed by atoms with Gasteiger partial charge >= 0.3 is 5.97 Å². The van der Waals surface area contributed by atoms with Crippen LogP contribution in [-0.2, 0) is 19.0 Å². The maximum absolute atomic E-state index is 11.5. The first-order chi connectivity index (χ1) is 12.3. The molecule has 26 heavy (non-hydrogen) atoms. The smallest absolute Gasteiger partial charge is 0.302 e. The molecule has 1 N–H and O–H groups in total. The topological polar surface area (TPSA) is 65.0 Å². The van der Waals surface area contributed by atoms with Crippen molar-refractivity contribution in [2.24, 2.45) is 22.7 Å². The Morgan fingerprint density at radius 3 is 2.77 bits per heavy atom. The van der Waals surface area contributed by atoms with Crippen molar-refractivity contribution in [3.05, 3.63) is 11.6 Å². The molecule has 0 bridgehead atoms. The van der Waals surface area contributed by atoms with Gasteiger partial charge in [0, 0.05) is 30.8 Å². The molecule has 0 aromatic rings. The maximum atomic E-state index is 11.5. The van der Waals surface area contributed by atoms with Gasteiger partial charge in [0.2, 0.25) is 0 Å². The Hall–Kier alpha value is -0.910. The Balaban J connectivity index is 1.65. The SMILES string of the molecule is CO[C@H]1CC[C@@]2(C)C(=C[C@H](O)C3C2OC[C@@]2(C)C3CC[C@@H]2OC(C)=O)C1. The summed E-state index contributed by atoms with van der Waals surface area (Å²) in [5, 5.41) is 11.0. The number of hydrogen-bond donors (Lipinski definition) is 1. The largest absolute Gasteiger partial charge is 0.462 e. The van der Waals surface area contributed by atoms with E-state index in [-0.39, 0.29) is 41.0 Å². The highest BCUT2D eigenvalue weighted by Crippen LogP contribution is 2.60. The number of rotatable bonds is 2. The third-order valence-electron chi connectivity index (χ3n) is 7.91. The van der Waals surface area contributed by atoms with E-state index in [1.165, 1.54) is 12.5 Å². The van der Waals surface area contributed by atoms with Gasteiger partial charge in [0.1, 0.15) is 6.10 Å². The quantitative estimate of drug-likeness (QED) is 0.603. The first-order valence-corrected chi connectivity index (χ1v) is 10.0. The van der Waals surface area contributed by atoms with Crippen LogP contribution in [0, 0.1) is 22.7 Å². The fourth-order valence-corrected chi connectivity index (χ4v) is 6.38. The predicted octanol–water partition coefficient (Wildman–Crippen LogP) is 2.86. The summed E-state index contributed by atoms with van der Waals surface area (Å²) in [6.45, 7) is 6.54. The van der Waals surface area contributed by atoms with Gasteiger partial charge in [0.15, 0.2) is 0 Å². The summed E-state index contributed by atoms with van der Waals surface area (Å²) in [6.07, 6.45) is 6.54. The summed E-state index contributed by atoms with van der Waals surface area (Å²) < 4.78 is 17.7. The number of aliphatic hydroxyl groups excluding tert-OH is 1. The number of fused-ring (bicyclic) bond motifs is 5. The number of carbonyl (C=O) groups is 1. The van der Waals surface area contributed by atoms with Crippen LogP contribution in [0.2, 0.25) is 0 Å². The van der Waals surface area contributed by atoms with Crippen LogP contribution < -0.4 is 0 Å². The van der Waals surface area contributed by atoms with Crippen LogP contribution in [0.3, 0.4) is 0 Å². The highest BCUT2D eigenvalue weighted by molar-refractivity contribution is 5.66. The van der Waals surface area contributed by atoms with Gasteiger partial charge < -0.3 is 19.3 Å². The molecular formula is C21H32O5. The van der Waals surface area contributed by atoms with E-state index in [1.54, 1.807) is 7.11 Å². The fourth-order valence-electron chi connectivity index (χ4n) is 6.38. The van der Waals surface area contributed by atoms with E-state index in [9.17, 15) is 9.90 Å². The normalized spacial score (nSPS) is 50.3. The van der Waals surface area contributed by atoms with Gasteiger partial charge in [0.05, 0.1) is 24.9 Å². The lowest BCUT2D eigenvalue weighted by Gasteiger charge is -2.58. The van der Waals surface area contributed by atoms with Crippen LogP contribution in [0.5, 0.6) is 0 Å². The zero-order valence-corrected chi connectivity index (χ0v) is 16.4. The molecule has 146 valence electrons. The van der Waals surface area contributed by atoms with Crippen LogP contribution in [0.4, 0.5) is 0 Å². The minimum atomic E-state index is -0.501. The second-order valence-electron chi connectivity index (χ2n) is 9.30. The Morgan fingerprint density at radius 1 is 1.31 bits per heavy atom. The molecule has 0 aromatic heterocycles. The van der Waals surface area contributed by atoms with E-state index < -0.39 is 6.10 Å². The van der Waals surface area contributed by atoms with Gasteiger partial charge in [-0.05, 0) is 38.0 Å². The molecule has 5 heteroatoms. The molecule has 3 fully saturated rings. The molecule has 0 radical (unpaired) electrons. The molecule has 0 spiro atoms. The zero-order chi connectivity index (χ0) is 18.7. The average molecular weight is 364 g/mol. The average Bonchev–Trinajstić information content (AvgIpc) is 2.91. The molecule has 1 heterocycles. The van der Waals surface area contributed by atoms with Gasteiger partial charge in [-0.25, -0.2) is 0 Å². The highest BCUT2D eigenvalue weighted by Gasteiger charge is 2.62. The van der Waals surface area contributed by atoms with Gasteiger partial charge in [-0.15, -0.1) is 0 Å². The van der Waals surface area contributed by atoms with Gasteiger partial charge in [-0.2, -0.15) is 0 Å². The van der Waals surface area contributed by atoms with Crippen molar-refractivity contribution >= 4 is 5.97 Å². The number of ether oxygens (including phenoxy) is 3. The van der Waals surface area contributed by atoms with E-state index in [1.807, 2.05) is 0 Å².